The average Bonchev–Trinajstić information content (AvgIpc) is 3.30. The van der Waals surface area contributed by atoms with Crippen molar-refractivity contribution in [2.75, 3.05) is 59.1 Å². The van der Waals surface area contributed by atoms with Crippen molar-refractivity contribution in [3.05, 3.63) is 60.4 Å². The van der Waals surface area contributed by atoms with Gasteiger partial charge in [-0.3, -0.25) is 4.79 Å². The Hall–Kier alpha value is -4.48. The van der Waals surface area contributed by atoms with Crippen molar-refractivity contribution in [2.45, 2.75) is 6.92 Å². The maximum Gasteiger partial charge on any atom is 0.248 e. The number of ether oxygens (including phenoxy) is 3. The molecule has 0 aliphatic carbocycles. The maximum atomic E-state index is 12.7. The van der Waals surface area contributed by atoms with E-state index in [-0.39, 0.29) is 5.91 Å². The van der Waals surface area contributed by atoms with Crippen LogP contribution in [0.25, 0.3) is 28.0 Å². The summed E-state index contributed by atoms with van der Waals surface area (Å²) in [6, 6.07) is 11.2. The summed E-state index contributed by atoms with van der Waals surface area (Å²) in [5.74, 6) is 1.25. The number of nitrogens with two attached hydrogens (primary N) is 1. The molecule has 4 aromatic rings. The summed E-state index contributed by atoms with van der Waals surface area (Å²) in [4.78, 5) is 23.3. The quantitative estimate of drug-likeness (QED) is 0.221. The first kappa shape index (κ1) is 27.6. The number of aryl methyl sites for hydroxylation is 1. The lowest BCUT2D eigenvalue weighted by molar-refractivity contribution is -0.111. The Kier molecular flexibility index (Phi) is 8.74. The van der Waals surface area contributed by atoms with Gasteiger partial charge in [0.2, 0.25) is 5.91 Å². The van der Waals surface area contributed by atoms with Crippen LogP contribution >= 0.6 is 0 Å². The SMILES string of the molecule is COCCOc1ccc(-n2nc(-c3ccc(C)c(OC)c3)c3c(N)ncnc32)cc1NC(=O)/C=C/CN(C)C. The van der Waals surface area contributed by atoms with E-state index in [0.29, 0.717) is 59.4 Å². The van der Waals surface area contributed by atoms with E-state index in [1.807, 2.05) is 50.2 Å². The Morgan fingerprint density at radius 1 is 1.10 bits per heavy atom. The molecule has 3 N–H and O–H groups in total. The van der Waals surface area contributed by atoms with Crippen LogP contribution in [0.3, 0.4) is 0 Å². The fraction of sp³-hybridized carbons (Fsp3) is 0.286. The lowest BCUT2D eigenvalue weighted by Gasteiger charge is -2.14. The van der Waals surface area contributed by atoms with Gasteiger partial charge in [0.05, 0.1) is 30.5 Å². The van der Waals surface area contributed by atoms with Crippen LogP contribution in [0, 0.1) is 6.92 Å². The second-order valence-electron chi connectivity index (χ2n) is 9.08. The summed E-state index contributed by atoms with van der Waals surface area (Å²) in [5.41, 5.74) is 10.4. The first-order valence-electron chi connectivity index (χ1n) is 12.3. The van der Waals surface area contributed by atoms with Crippen LogP contribution in [0.2, 0.25) is 0 Å². The molecule has 1 amide bonds. The number of carbonyl (C=O) groups is 1. The van der Waals surface area contributed by atoms with E-state index in [0.717, 1.165) is 16.9 Å². The number of hydrogen-bond acceptors (Lipinski definition) is 9. The topological polar surface area (TPSA) is 130 Å². The van der Waals surface area contributed by atoms with Gasteiger partial charge in [-0.1, -0.05) is 18.2 Å². The van der Waals surface area contributed by atoms with Crippen molar-refractivity contribution in [2.24, 2.45) is 0 Å². The minimum atomic E-state index is -0.282. The van der Waals surface area contributed by atoms with E-state index in [9.17, 15) is 4.79 Å². The molecule has 11 heteroatoms. The molecule has 0 radical (unpaired) electrons. The summed E-state index contributed by atoms with van der Waals surface area (Å²) < 4.78 is 18.2. The molecule has 4 rings (SSSR count). The maximum absolute atomic E-state index is 12.7. The van der Waals surface area contributed by atoms with Gasteiger partial charge in [0.25, 0.3) is 0 Å². The Balaban J connectivity index is 1.80. The van der Waals surface area contributed by atoms with E-state index in [4.69, 9.17) is 25.0 Å². The molecule has 11 nitrogen and oxygen atoms in total. The molecule has 0 fully saturated rings. The number of likely N-dealkylation sites (N-methyl/N-ethyl adjacent to an activating group) is 1. The summed E-state index contributed by atoms with van der Waals surface area (Å²) in [5, 5.41) is 8.40. The molecular formula is C28H33N7O4. The lowest BCUT2D eigenvalue weighted by atomic mass is 10.1. The number of methoxy groups -OCH3 is 2. The van der Waals surface area contributed by atoms with Crippen LogP contribution in [-0.4, -0.2) is 78.6 Å². The van der Waals surface area contributed by atoms with Crippen LogP contribution in [0.15, 0.2) is 54.9 Å². The van der Waals surface area contributed by atoms with Crippen LogP contribution in [0.5, 0.6) is 11.5 Å². The zero-order valence-corrected chi connectivity index (χ0v) is 22.8. The third-order valence-corrected chi connectivity index (χ3v) is 5.93. The number of fused-ring (bicyclic) bond motifs is 1. The molecule has 2 heterocycles. The monoisotopic (exact) mass is 531 g/mol. The number of benzene rings is 2. The molecule has 0 saturated heterocycles. The predicted octanol–water partition coefficient (Wildman–Crippen LogP) is 3.46. The standard InChI is InChI=1S/C28H33N7O4/c1-18-8-9-19(15-23(18)38-5)26-25-27(29)30-17-31-28(25)35(33-26)20-10-11-22(39-14-13-37-4)21(16-20)32-24(36)7-6-12-34(2)3/h6-11,15-17H,12-14H2,1-5H3,(H,32,36)(H2,29,30,31)/b7-6+. The summed E-state index contributed by atoms with van der Waals surface area (Å²) in [7, 11) is 7.09. The molecular weight excluding hydrogens is 498 g/mol. The third-order valence-electron chi connectivity index (χ3n) is 5.93. The Labute approximate surface area is 227 Å². The van der Waals surface area contributed by atoms with E-state index >= 15 is 0 Å². The Morgan fingerprint density at radius 2 is 1.92 bits per heavy atom. The zero-order chi connectivity index (χ0) is 27.9. The van der Waals surface area contributed by atoms with Gasteiger partial charge in [-0.2, -0.15) is 5.10 Å². The van der Waals surface area contributed by atoms with Crippen molar-refractivity contribution in [1.82, 2.24) is 24.6 Å². The number of nitrogens with one attached hydrogen (secondary N) is 1. The third kappa shape index (κ3) is 6.33. The van der Waals surface area contributed by atoms with E-state index < -0.39 is 0 Å². The van der Waals surface area contributed by atoms with Gasteiger partial charge in [-0.05, 0) is 50.8 Å². The molecule has 0 saturated carbocycles. The molecule has 2 aromatic heterocycles. The van der Waals surface area contributed by atoms with E-state index in [1.54, 1.807) is 37.1 Å². The Morgan fingerprint density at radius 3 is 2.67 bits per heavy atom. The largest absolute Gasteiger partial charge is 0.496 e. The molecule has 0 unspecified atom stereocenters. The normalized spacial score (nSPS) is 11.4. The van der Waals surface area contributed by atoms with Crippen LogP contribution in [0.4, 0.5) is 11.5 Å². The fourth-order valence-corrected chi connectivity index (χ4v) is 3.98. The number of aromatic nitrogens is 4. The highest BCUT2D eigenvalue weighted by Crippen LogP contribution is 2.35. The smallest absolute Gasteiger partial charge is 0.248 e. The first-order chi connectivity index (χ1) is 18.8. The predicted molar refractivity (Wildman–Crippen MR) is 151 cm³/mol. The van der Waals surface area contributed by atoms with E-state index in [1.165, 1.54) is 12.4 Å². The highest BCUT2D eigenvalue weighted by atomic mass is 16.5. The molecule has 0 spiro atoms. The summed E-state index contributed by atoms with van der Waals surface area (Å²) >= 11 is 0. The van der Waals surface area contributed by atoms with Crippen LogP contribution in [0.1, 0.15) is 5.56 Å². The second kappa shape index (κ2) is 12.4. The number of carbonyl (C=O) groups excluding carboxylic acids is 1. The number of nitrogens with zero attached hydrogens (tertiary/aromatic N) is 5. The number of amides is 1. The molecule has 0 aliphatic heterocycles. The van der Waals surface area contributed by atoms with Crippen LogP contribution in [-0.2, 0) is 9.53 Å². The summed E-state index contributed by atoms with van der Waals surface area (Å²) in [6.07, 6.45) is 4.68. The molecule has 0 bridgehead atoms. The van der Waals surface area contributed by atoms with Gasteiger partial charge < -0.3 is 30.2 Å². The highest BCUT2D eigenvalue weighted by Gasteiger charge is 2.20. The lowest BCUT2D eigenvalue weighted by Crippen LogP contribution is -2.14. The number of hydrogen-bond donors (Lipinski definition) is 2. The zero-order valence-electron chi connectivity index (χ0n) is 22.8. The van der Waals surface area contributed by atoms with Crippen molar-refractivity contribution >= 4 is 28.4 Å². The van der Waals surface area contributed by atoms with Crippen molar-refractivity contribution in [3.8, 4) is 28.4 Å². The highest BCUT2D eigenvalue weighted by molar-refractivity contribution is 6.01. The average molecular weight is 532 g/mol. The minimum Gasteiger partial charge on any atom is -0.496 e. The van der Waals surface area contributed by atoms with Gasteiger partial charge in [0.15, 0.2) is 5.65 Å². The van der Waals surface area contributed by atoms with Crippen molar-refractivity contribution in [3.63, 3.8) is 0 Å². The van der Waals surface area contributed by atoms with Crippen molar-refractivity contribution in [1.29, 1.82) is 0 Å². The Bertz CT molecular complexity index is 1500. The molecule has 0 aliphatic rings. The molecule has 0 atom stereocenters. The number of nitrogen functional groups attached to an aromatic ring is 1. The van der Waals surface area contributed by atoms with E-state index in [2.05, 4.69) is 15.3 Å². The van der Waals surface area contributed by atoms with Gasteiger partial charge in [-0.25, -0.2) is 14.6 Å². The molecule has 2 aromatic carbocycles. The first-order valence-corrected chi connectivity index (χ1v) is 12.3. The molecule has 39 heavy (non-hydrogen) atoms. The van der Waals surface area contributed by atoms with Gasteiger partial charge in [0, 0.05) is 25.3 Å². The molecule has 204 valence electrons. The van der Waals surface area contributed by atoms with Gasteiger partial charge in [0.1, 0.15) is 35.9 Å². The minimum absolute atomic E-state index is 0.282. The second-order valence-corrected chi connectivity index (χ2v) is 9.08. The summed E-state index contributed by atoms with van der Waals surface area (Å²) in [6.45, 7) is 3.33. The van der Waals surface area contributed by atoms with Crippen molar-refractivity contribution < 1.29 is 19.0 Å². The number of anilines is 2. The van der Waals surface area contributed by atoms with Gasteiger partial charge in [-0.15, -0.1) is 0 Å². The van der Waals surface area contributed by atoms with Gasteiger partial charge >= 0.3 is 0 Å². The fourth-order valence-electron chi connectivity index (χ4n) is 3.98. The van der Waals surface area contributed by atoms with Crippen LogP contribution < -0.4 is 20.5 Å². The number of rotatable bonds is 11.